The molecule has 0 aliphatic carbocycles. The molecule has 0 fully saturated rings. The Balaban J connectivity index is 2.81. The Labute approximate surface area is 124 Å². The number of aliphatic carboxylic acids is 1. The second kappa shape index (κ2) is 6.55. The van der Waals surface area contributed by atoms with E-state index in [-0.39, 0.29) is 4.90 Å². The third-order valence-corrected chi connectivity index (χ3v) is 4.36. The van der Waals surface area contributed by atoms with Gasteiger partial charge in [-0.3, -0.25) is 0 Å². The monoisotopic (exact) mass is 315 g/mol. The zero-order valence-corrected chi connectivity index (χ0v) is 13.1. The third kappa shape index (κ3) is 5.11. The lowest BCUT2D eigenvalue weighted by atomic mass is 10.0. The second-order valence-corrected chi connectivity index (χ2v) is 7.41. The summed E-state index contributed by atoms with van der Waals surface area (Å²) in [5.74, 6) is -1.02. The Bertz CT molecular complexity index is 590. The van der Waals surface area contributed by atoms with Crippen LogP contribution in [0.3, 0.4) is 0 Å². The number of carboxylic acid groups (broad SMARTS) is 1. The van der Waals surface area contributed by atoms with E-state index >= 15 is 0 Å². The van der Waals surface area contributed by atoms with Crippen molar-refractivity contribution >= 4 is 16.0 Å². The van der Waals surface area contributed by atoms with Crippen LogP contribution >= 0.6 is 0 Å². The molecule has 7 heteroatoms. The molecule has 0 saturated carbocycles. The molecular weight excluding hydrogens is 294 g/mol. The fraction of sp³-hybridized carbons (Fsp3) is 0.500. The molecule has 0 heterocycles. The SMILES string of the molecule is CC(C)Cc1ccc(S(=O)(=O)NCC(C)(O)C(=O)O)cc1. The lowest BCUT2D eigenvalue weighted by molar-refractivity contribution is -0.155. The standard InChI is InChI=1S/C14H21NO5S/c1-10(2)8-11-4-6-12(7-5-11)21(19,20)15-9-14(3,18)13(16)17/h4-7,10,15,18H,8-9H2,1-3H3,(H,16,17). The predicted octanol–water partition coefficient (Wildman–Crippen LogP) is 0.999. The summed E-state index contributed by atoms with van der Waals surface area (Å²) in [6, 6.07) is 6.39. The summed E-state index contributed by atoms with van der Waals surface area (Å²) in [5.41, 5.74) is -1.12. The van der Waals surface area contributed by atoms with E-state index in [9.17, 15) is 18.3 Å². The molecule has 21 heavy (non-hydrogen) atoms. The molecular formula is C14H21NO5S. The normalized spacial score (nSPS) is 14.9. The minimum Gasteiger partial charge on any atom is -0.479 e. The van der Waals surface area contributed by atoms with Crippen LogP contribution in [0.4, 0.5) is 0 Å². The second-order valence-electron chi connectivity index (χ2n) is 5.65. The van der Waals surface area contributed by atoms with Crippen molar-refractivity contribution in [3.8, 4) is 0 Å². The van der Waals surface area contributed by atoms with Crippen molar-refractivity contribution in [1.29, 1.82) is 0 Å². The fourth-order valence-electron chi connectivity index (χ4n) is 1.67. The topological polar surface area (TPSA) is 104 Å². The molecule has 0 spiro atoms. The summed E-state index contributed by atoms with van der Waals surface area (Å²) in [7, 11) is -3.85. The number of carboxylic acids is 1. The number of nitrogens with one attached hydrogen (secondary N) is 1. The first-order valence-corrected chi connectivity index (χ1v) is 8.07. The first-order valence-electron chi connectivity index (χ1n) is 6.59. The van der Waals surface area contributed by atoms with Crippen LogP contribution < -0.4 is 4.72 Å². The molecule has 1 unspecified atom stereocenters. The van der Waals surface area contributed by atoms with E-state index in [0.717, 1.165) is 18.9 Å². The summed E-state index contributed by atoms with van der Waals surface area (Å²) in [4.78, 5) is 10.8. The Morgan fingerprint density at radius 2 is 1.81 bits per heavy atom. The first kappa shape index (κ1) is 17.6. The summed E-state index contributed by atoms with van der Waals surface area (Å²) >= 11 is 0. The van der Waals surface area contributed by atoms with Gasteiger partial charge < -0.3 is 10.2 Å². The number of carbonyl (C=O) groups is 1. The molecule has 118 valence electrons. The Kier molecular flexibility index (Phi) is 5.49. The molecule has 0 aliphatic rings. The Morgan fingerprint density at radius 3 is 2.24 bits per heavy atom. The van der Waals surface area contributed by atoms with Gasteiger partial charge in [-0.2, -0.15) is 0 Å². The van der Waals surface area contributed by atoms with Gasteiger partial charge in [0.2, 0.25) is 10.0 Å². The van der Waals surface area contributed by atoms with Crippen molar-refractivity contribution in [3.63, 3.8) is 0 Å². The van der Waals surface area contributed by atoms with Crippen LogP contribution in [0.2, 0.25) is 0 Å². The van der Waals surface area contributed by atoms with Crippen molar-refractivity contribution in [2.45, 2.75) is 37.7 Å². The molecule has 6 nitrogen and oxygen atoms in total. The first-order chi connectivity index (χ1) is 9.54. The maximum Gasteiger partial charge on any atom is 0.336 e. The van der Waals surface area contributed by atoms with Crippen molar-refractivity contribution in [2.75, 3.05) is 6.54 Å². The van der Waals surface area contributed by atoms with E-state index in [1.807, 2.05) is 0 Å². The number of sulfonamides is 1. The zero-order chi connectivity index (χ0) is 16.3. The smallest absolute Gasteiger partial charge is 0.336 e. The average Bonchev–Trinajstić information content (AvgIpc) is 2.36. The number of hydrogen-bond donors (Lipinski definition) is 3. The van der Waals surface area contributed by atoms with Crippen LogP contribution in [-0.2, 0) is 21.2 Å². The van der Waals surface area contributed by atoms with Crippen molar-refractivity contribution in [1.82, 2.24) is 4.72 Å². The molecule has 0 amide bonds. The van der Waals surface area contributed by atoms with E-state index in [1.54, 1.807) is 12.1 Å². The summed E-state index contributed by atoms with van der Waals surface area (Å²) in [6.07, 6.45) is 0.849. The van der Waals surface area contributed by atoms with E-state index in [2.05, 4.69) is 18.6 Å². The van der Waals surface area contributed by atoms with E-state index in [0.29, 0.717) is 5.92 Å². The lowest BCUT2D eigenvalue weighted by Crippen LogP contribution is -2.46. The minimum atomic E-state index is -3.85. The third-order valence-electron chi connectivity index (χ3n) is 2.94. The van der Waals surface area contributed by atoms with Crippen molar-refractivity contribution in [3.05, 3.63) is 29.8 Å². The van der Waals surface area contributed by atoms with Gasteiger partial charge in [0.1, 0.15) is 0 Å². The van der Waals surface area contributed by atoms with Crippen LogP contribution in [0.5, 0.6) is 0 Å². The molecule has 0 bridgehead atoms. The molecule has 0 aromatic heterocycles. The summed E-state index contributed by atoms with van der Waals surface area (Å²) in [5, 5.41) is 18.3. The lowest BCUT2D eigenvalue weighted by Gasteiger charge is -2.18. The maximum atomic E-state index is 12.0. The van der Waals surface area contributed by atoms with Gasteiger partial charge in [-0.25, -0.2) is 17.9 Å². The van der Waals surface area contributed by atoms with Gasteiger partial charge >= 0.3 is 5.97 Å². The van der Waals surface area contributed by atoms with E-state index in [4.69, 9.17) is 5.11 Å². The summed E-state index contributed by atoms with van der Waals surface area (Å²) < 4.78 is 26.1. The molecule has 1 aromatic rings. The molecule has 1 rings (SSSR count). The Hall–Kier alpha value is -1.44. The number of aliphatic hydroxyl groups is 1. The maximum absolute atomic E-state index is 12.0. The minimum absolute atomic E-state index is 0.0381. The van der Waals surface area contributed by atoms with Crippen LogP contribution in [0.15, 0.2) is 29.2 Å². The van der Waals surface area contributed by atoms with Gasteiger partial charge in [-0.05, 0) is 37.0 Å². The van der Waals surface area contributed by atoms with Crippen LogP contribution in [0.1, 0.15) is 26.3 Å². The molecule has 0 saturated heterocycles. The van der Waals surface area contributed by atoms with Gasteiger partial charge in [-0.15, -0.1) is 0 Å². The van der Waals surface area contributed by atoms with Gasteiger partial charge in [-0.1, -0.05) is 26.0 Å². The van der Waals surface area contributed by atoms with Crippen molar-refractivity contribution in [2.24, 2.45) is 5.92 Å². The van der Waals surface area contributed by atoms with Gasteiger partial charge in [0.05, 0.1) is 11.4 Å². The van der Waals surface area contributed by atoms with Gasteiger partial charge in [0.25, 0.3) is 0 Å². The Morgan fingerprint density at radius 1 is 1.29 bits per heavy atom. The number of rotatable bonds is 7. The molecule has 0 aliphatic heterocycles. The van der Waals surface area contributed by atoms with E-state index in [1.165, 1.54) is 12.1 Å². The van der Waals surface area contributed by atoms with Crippen LogP contribution in [-0.4, -0.2) is 36.7 Å². The fourth-order valence-corrected chi connectivity index (χ4v) is 2.80. The average molecular weight is 315 g/mol. The highest BCUT2D eigenvalue weighted by molar-refractivity contribution is 7.89. The molecule has 1 atom stereocenters. The number of benzene rings is 1. The number of hydrogen-bond acceptors (Lipinski definition) is 4. The van der Waals surface area contributed by atoms with E-state index < -0.39 is 28.1 Å². The zero-order valence-electron chi connectivity index (χ0n) is 12.3. The highest BCUT2D eigenvalue weighted by atomic mass is 32.2. The molecule has 1 aromatic carbocycles. The van der Waals surface area contributed by atoms with Gasteiger partial charge in [0.15, 0.2) is 5.60 Å². The predicted molar refractivity (Wildman–Crippen MR) is 78.4 cm³/mol. The molecule has 3 N–H and O–H groups in total. The largest absolute Gasteiger partial charge is 0.479 e. The van der Waals surface area contributed by atoms with Crippen molar-refractivity contribution < 1.29 is 23.4 Å². The van der Waals surface area contributed by atoms with Crippen LogP contribution in [0, 0.1) is 5.92 Å². The highest BCUT2D eigenvalue weighted by Crippen LogP contribution is 2.14. The summed E-state index contributed by atoms with van der Waals surface area (Å²) in [6.45, 7) is 4.57. The van der Waals surface area contributed by atoms with Gasteiger partial charge in [0, 0.05) is 0 Å². The highest BCUT2D eigenvalue weighted by Gasteiger charge is 2.31. The quantitative estimate of drug-likeness (QED) is 0.696. The molecule has 0 radical (unpaired) electrons. The van der Waals surface area contributed by atoms with Crippen LogP contribution in [0.25, 0.3) is 0 Å².